The molecule has 3 aromatic rings. The Morgan fingerprint density at radius 3 is 2.50 bits per heavy atom. The Kier molecular flexibility index (Phi) is 6.21. The van der Waals surface area contributed by atoms with Crippen LogP contribution in [0.1, 0.15) is 15.9 Å². The molecule has 0 fully saturated rings. The molecule has 0 spiro atoms. The first-order chi connectivity index (χ1) is 14.3. The molecule has 0 aliphatic heterocycles. The molecule has 0 radical (unpaired) electrons. The number of halogens is 1. The molecule has 0 aliphatic rings. The summed E-state index contributed by atoms with van der Waals surface area (Å²) in [7, 11) is 1.34. The Bertz CT molecular complexity index is 1200. The van der Waals surface area contributed by atoms with Crippen LogP contribution < -0.4 is 21.9 Å². The summed E-state index contributed by atoms with van der Waals surface area (Å²) in [5, 5.41) is 5.40. The summed E-state index contributed by atoms with van der Waals surface area (Å²) in [6, 6.07) is 13.3. The van der Waals surface area contributed by atoms with Gasteiger partial charge in [0.2, 0.25) is 5.91 Å². The van der Waals surface area contributed by atoms with Crippen molar-refractivity contribution < 1.29 is 14.0 Å². The summed E-state index contributed by atoms with van der Waals surface area (Å²) in [6.45, 7) is -0.0481. The molecule has 0 saturated heterocycles. The van der Waals surface area contributed by atoms with Crippen LogP contribution in [0.25, 0.3) is 0 Å². The first-order valence-electron chi connectivity index (χ1n) is 9.02. The SMILES string of the molecule is Cn1c(=O)ccn(CC(=O)NCc2cccc(NC(=O)c3ccc(F)cc3)c2)c1=O. The van der Waals surface area contributed by atoms with E-state index in [1.807, 2.05) is 0 Å². The lowest BCUT2D eigenvalue weighted by molar-refractivity contribution is -0.121. The van der Waals surface area contributed by atoms with Crippen LogP contribution >= 0.6 is 0 Å². The van der Waals surface area contributed by atoms with Crippen molar-refractivity contribution in [3.05, 3.63) is 98.6 Å². The highest BCUT2D eigenvalue weighted by atomic mass is 19.1. The van der Waals surface area contributed by atoms with Crippen molar-refractivity contribution in [3.63, 3.8) is 0 Å². The molecule has 1 heterocycles. The summed E-state index contributed by atoms with van der Waals surface area (Å²) in [4.78, 5) is 47.8. The van der Waals surface area contributed by atoms with Crippen molar-refractivity contribution in [2.75, 3.05) is 5.32 Å². The van der Waals surface area contributed by atoms with Gasteiger partial charge >= 0.3 is 5.69 Å². The molecule has 30 heavy (non-hydrogen) atoms. The zero-order valence-corrected chi connectivity index (χ0v) is 16.1. The maximum Gasteiger partial charge on any atom is 0.331 e. The van der Waals surface area contributed by atoms with Crippen LogP contribution in [0.4, 0.5) is 10.1 Å². The Morgan fingerprint density at radius 1 is 1.03 bits per heavy atom. The predicted molar refractivity (Wildman–Crippen MR) is 109 cm³/mol. The largest absolute Gasteiger partial charge is 0.350 e. The standard InChI is InChI=1S/C21H19FN4O4/c1-25-19(28)9-10-26(21(25)30)13-18(27)23-12-14-3-2-4-17(11-14)24-20(29)15-5-7-16(22)8-6-15/h2-11H,12-13H2,1H3,(H,23,27)(H,24,29). The molecule has 0 bridgehead atoms. The fourth-order valence-electron chi connectivity index (χ4n) is 2.71. The molecule has 154 valence electrons. The molecule has 0 unspecified atom stereocenters. The zero-order chi connectivity index (χ0) is 21.7. The fourth-order valence-corrected chi connectivity index (χ4v) is 2.71. The average molecular weight is 410 g/mol. The Labute approximate surface area is 170 Å². The highest BCUT2D eigenvalue weighted by Crippen LogP contribution is 2.13. The third-order valence-corrected chi connectivity index (χ3v) is 4.36. The first-order valence-corrected chi connectivity index (χ1v) is 9.02. The number of carbonyl (C=O) groups excluding carboxylic acids is 2. The number of hydrogen-bond donors (Lipinski definition) is 2. The number of aromatic nitrogens is 2. The van der Waals surface area contributed by atoms with Gasteiger partial charge in [0, 0.05) is 37.1 Å². The number of nitrogens with zero attached hydrogens (tertiary/aromatic N) is 2. The normalized spacial score (nSPS) is 10.5. The van der Waals surface area contributed by atoms with Crippen LogP contribution in [0.2, 0.25) is 0 Å². The van der Waals surface area contributed by atoms with E-state index in [9.17, 15) is 23.6 Å². The van der Waals surface area contributed by atoms with E-state index in [-0.39, 0.29) is 19.0 Å². The minimum absolute atomic E-state index is 0.180. The third-order valence-electron chi connectivity index (χ3n) is 4.36. The smallest absolute Gasteiger partial charge is 0.331 e. The highest BCUT2D eigenvalue weighted by molar-refractivity contribution is 6.04. The quantitative estimate of drug-likeness (QED) is 0.639. The lowest BCUT2D eigenvalue weighted by Crippen LogP contribution is -2.40. The second kappa shape index (κ2) is 8.99. The monoisotopic (exact) mass is 410 g/mol. The van der Waals surface area contributed by atoms with Crippen molar-refractivity contribution in [1.29, 1.82) is 0 Å². The van der Waals surface area contributed by atoms with Crippen molar-refractivity contribution in [1.82, 2.24) is 14.5 Å². The van der Waals surface area contributed by atoms with E-state index >= 15 is 0 Å². The van der Waals surface area contributed by atoms with Gasteiger partial charge in [0.25, 0.3) is 11.5 Å². The molecule has 0 atom stereocenters. The van der Waals surface area contributed by atoms with Gasteiger partial charge in [-0.25, -0.2) is 9.18 Å². The first kappa shape index (κ1) is 20.7. The zero-order valence-electron chi connectivity index (χ0n) is 16.1. The summed E-state index contributed by atoms with van der Waals surface area (Å²) in [5.74, 6) is -1.22. The van der Waals surface area contributed by atoms with Gasteiger partial charge in [-0.2, -0.15) is 0 Å². The summed E-state index contributed by atoms with van der Waals surface area (Å²) in [5.41, 5.74) is 0.538. The third kappa shape index (κ3) is 5.07. The fraction of sp³-hybridized carbons (Fsp3) is 0.143. The Morgan fingerprint density at radius 2 is 1.77 bits per heavy atom. The maximum absolute atomic E-state index is 13.0. The summed E-state index contributed by atoms with van der Waals surface area (Å²) < 4.78 is 15.0. The number of amides is 2. The van der Waals surface area contributed by atoms with Gasteiger partial charge in [-0.3, -0.25) is 23.5 Å². The number of nitrogens with one attached hydrogen (secondary N) is 2. The Hall–Kier alpha value is -4.01. The van der Waals surface area contributed by atoms with E-state index in [1.54, 1.807) is 24.3 Å². The van der Waals surface area contributed by atoms with Crippen molar-refractivity contribution in [2.24, 2.45) is 7.05 Å². The van der Waals surface area contributed by atoms with E-state index in [0.717, 1.165) is 14.7 Å². The van der Waals surface area contributed by atoms with E-state index < -0.39 is 23.0 Å². The molecule has 3 rings (SSSR count). The lowest BCUT2D eigenvalue weighted by atomic mass is 10.1. The van der Waals surface area contributed by atoms with Crippen LogP contribution in [0.3, 0.4) is 0 Å². The minimum Gasteiger partial charge on any atom is -0.350 e. The van der Waals surface area contributed by atoms with Crippen LogP contribution in [0.5, 0.6) is 0 Å². The van der Waals surface area contributed by atoms with Gasteiger partial charge in [0.05, 0.1) is 0 Å². The van der Waals surface area contributed by atoms with Crippen LogP contribution in [0.15, 0.2) is 70.4 Å². The van der Waals surface area contributed by atoms with E-state index in [0.29, 0.717) is 11.3 Å². The van der Waals surface area contributed by atoms with Crippen LogP contribution in [-0.2, 0) is 24.9 Å². The second-order valence-electron chi connectivity index (χ2n) is 6.56. The van der Waals surface area contributed by atoms with Gasteiger partial charge in [-0.15, -0.1) is 0 Å². The molecule has 0 aliphatic carbocycles. The number of rotatable bonds is 6. The molecular formula is C21H19FN4O4. The van der Waals surface area contributed by atoms with E-state index in [4.69, 9.17) is 0 Å². The molecule has 2 aromatic carbocycles. The number of benzene rings is 2. The molecule has 2 N–H and O–H groups in total. The van der Waals surface area contributed by atoms with Gasteiger partial charge in [0.1, 0.15) is 12.4 Å². The predicted octanol–water partition coefficient (Wildman–Crippen LogP) is 1.25. The topological polar surface area (TPSA) is 102 Å². The van der Waals surface area contributed by atoms with Gasteiger partial charge in [-0.1, -0.05) is 12.1 Å². The number of carbonyl (C=O) groups is 2. The van der Waals surface area contributed by atoms with Gasteiger partial charge in [-0.05, 0) is 42.0 Å². The van der Waals surface area contributed by atoms with E-state index in [1.165, 1.54) is 43.6 Å². The molecule has 1 aromatic heterocycles. The average Bonchev–Trinajstić information content (AvgIpc) is 2.73. The minimum atomic E-state index is -0.580. The molecule has 8 nitrogen and oxygen atoms in total. The summed E-state index contributed by atoms with van der Waals surface area (Å²) >= 11 is 0. The van der Waals surface area contributed by atoms with Gasteiger partial charge in [0.15, 0.2) is 0 Å². The maximum atomic E-state index is 13.0. The van der Waals surface area contributed by atoms with E-state index in [2.05, 4.69) is 10.6 Å². The second-order valence-corrected chi connectivity index (χ2v) is 6.56. The highest BCUT2D eigenvalue weighted by Gasteiger charge is 2.09. The lowest BCUT2D eigenvalue weighted by Gasteiger charge is -2.10. The summed E-state index contributed by atoms with van der Waals surface area (Å²) in [6.07, 6.45) is 1.27. The van der Waals surface area contributed by atoms with Gasteiger partial charge < -0.3 is 10.6 Å². The number of anilines is 1. The van der Waals surface area contributed by atoms with Crippen LogP contribution in [-0.4, -0.2) is 20.9 Å². The molecule has 2 amide bonds. The molecule has 0 saturated carbocycles. The number of hydrogen-bond acceptors (Lipinski definition) is 4. The molecule has 9 heteroatoms. The van der Waals surface area contributed by atoms with Crippen molar-refractivity contribution in [3.8, 4) is 0 Å². The van der Waals surface area contributed by atoms with Crippen molar-refractivity contribution >= 4 is 17.5 Å². The molecular weight excluding hydrogens is 391 g/mol. The van der Waals surface area contributed by atoms with Crippen LogP contribution in [0, 0.1) is 5.82 Å². The van der Waals surface area contributed by atoms with Crippen molar-refractivity contribution in [2.45, 2.75) is 13.1 Å². The Balaban J connectivity index is 1.60.